The van der Waals surface area contributed by atoms with Gasteiger partial charge in [-0.2, -0.15) is 0 Å². The molecule has 2 N–H and O–H groups in total. The third-order valence-corrected chi connectivity index (χ3v) is 2.37. The number of carboxylic acids is 1. The summed E-state index contributed by atoms with van der Waals surface area (Å²) in [6.07, 6.45) is 1.88. The summed E-state index contributed by atoms with van der Waals surface area (Å²) in [6.45, 7) is 1.29. The summed E-state index contributed by atoms with van der Waals surface area (Å²) in [6, 6.07) is -0.868. The Morgan fingerprint density at radius 3 is 2.86 bits per heavy atom. The van der Waals surface area contributed by atoms with Crippen molar-refractivity contribution in [2.24, 2.45) is 0 Å². The Kier molecular flexibility index (Phi) is 3.58. The molecule has 0 aromatic carbocycles. The van der Waals surface area contributed by atoms with E-state index in [0.29, 0.717) is 0 Å². The minimum atomic E-state index is -1.03. The number of hydrogen-bond acceptors (Lipinski definition) is 4. The van der Waals surface area contributed by atoms with E-state index in [9.17, 15) is 9.59 Å². The zero-order valence-corrected chi connectivity index (χ0v) is 8.37. The summed E-state index contributed by atoms with van der Waals surface area (Å²) < 4.78 is 0. The lowest BCUT2D eigenvalue weighted by Gasteiger charge is -2.11. The molecule has 1 aromatic heterocycles. The number of thiazole rings is 1. The van der Waals surface area contributed by atoms with Gasteiger partial charge in [-0.15, -0.1) is 11.3 Å². The Morgan fingerprint density at radius 1 is 1.71 bits per heavy atom. The van der Waals surface area contributed by atoms with Gasteiger partial charge in [0.2, 0.25) is 5.91 Å². The second-order valence-electron chi connectivity index (χ2n) is 2.76. The third-order valence-electron chi connectivity index (χ3n) is 1.56. The fourth-order valence-electron chi connectivity index (χ4n) is 0.990. The van der Waals surface area contributed by atoms with Crippen LogP contribution < -0.4 is 5.32 Å². The van der Waals surface area contributed by atoms with Crippen molar-refractivity contribution in [2.75, 3.05) is 0 Å². The van der Waals surface area contributed by atoms with Crippen LogP contribution in [-0.2, 0) is 16.0 Å². The van der Waals surface area contributed by atoms with Crippen molar-refractivity contribution in [2.45, 2.75) is 19.4 Å². The van der Waals surface area contributed by atoms with Gasteiger partial charge in [0.25, 0.3) is 0 Å². The zero-order chi connectivity index (χ0) is 10.6. The normalized spacial score (nSPS) is 12.1. The van der Waals surface area contributed by atoms with E-state index in [0.717, 1.165) is 4.88 Å². The Hall–Kier alpha value is -1.43. The summed E-state index contributed by atoms with van der Waals surface area (Å²) in [5.41, 5.74) is 1.63. The molecule has 1 rings (SSSR count). The van der Waals surface area contributed by atoms with E-state index in [2.05, 4.69) is 10.3 Å². The molecule has 0 aliphatic carbocycles. The summed E-state index contributed by atoms with van der Waals surface area (Å²) in [4.78, 5) is 26.1. The second kappa shape index (κ2) is 4.71. The monoisotopic (exact) mass is 214 g/mol. The number of amides is 1. The van der Waals surface area contributed by atoms with E-state index in [-0.39, 0.29) is 12.3 Å². The van der Waals surface area contributed by atoms with Crippen molar-refractivity contribution in [3.63, 3.8) is 0 Å². The molecule has 0 aliphatic rings. The lowest BCUT2D eigenvalue weighted by molar-refractivity contribution is -0.141. The molecule has 0 spiro atoms. The van der Waals surface area contributed by atoms with Crippen LogP contribution in [-0.4, -0.2) is 28.0 Å². The lowest BCUT2D eigenvalue weighted by atomic mass is 10.2. The van der Waals surface area contributed by atoms with Crippen LogP contribution in [0.5, 0.6) is 0 Å². The average molecular weight is 214 g/mol. The van der Waals surface area contributed by atoms with Crippen molar-refractivity contribution in [3.8, 4) is 0 Å². The Bertz CT molecular complexity index is 323. The van der Waals surface area contributed by atoms with Gasteiger partial charge >= 0.3 is 5.97 Å². The maximum absolute atomic E-state index is 10.7. The summed E-state index contributed by atoms with van der Waals surface area (Å²) in [7, 11) is 0. The van der Waals surface area contributed by atoms with Crippen LogP contribution in [0.2, 0.25) is 0 Å². The molecular weight excluding hydrogens is 204 g/mol. The molecule has 0 saturated heterocycles. The van der Waals surface area contributed by atoms with Crippen LogP contribution in [0.1, 0.15) is 11.8 Å². The zero-order valence-electron chi connectivity index (χ0n) is 7.56. The first-order valence-electron chi connectivity index (χ1n) is 3.97. The number of carbonyl (C=O) groups is 2. The number of carboxylic acid groups (broad SMARTS) is 1. The molecule has 0 aliphatic heterocycles. The predicted octanol–water partition coefficient (Wildman–Crippen LogP) is 0.275. The molecule has 0 bridgehead atoms. The number of rotatable bonds is 4. The van der Waals surface area contributed by atoms with Crippen LogP contribution in [0.15, 0.2) is 11.7 Å². The quantitative estimate of drug-likeness (QED) is 0.754. The molecular formula is C8H10N2O3S. The minimum absolute atomic E-state index is 0.277. The van der Waals surface area contributed by atoms with Crippen molar-refractivity contribution < 1.29 is 14.7 Å². The summed E-state index contributed by atoms with van der Waals surface area (Å²) in [5.74, 6) is -1.38. The van der Waals surface area contributed by atoms with E-state index in [1.807, 2.05) is 0 Å². The Labute approximate surface area is 84.8 Å². The average Bonchev–Trinajstić information content (AvgIpc) is 2.54. The van der Waals surface area contributed by atoms with Crippen LogP contribution in [0.3, 0.4) is 0 Å². The number of aliphatic carboxylic acids is 1. The van der Waals surface area contributed by atoms with Crippen molar-refractivity contribution in [1.29, 1.82) is 0 Å². The van der Waals surface area contributed by atoms with E-state index in [4.69, 9.17) is 5.11 Å². The predicted molar refractivity (Wildman–Crippen MR) is 51.1 cm³/mol. The van der Waals surface area contributed by atoms with E-state index in [1.54, 1.807) is 11.7 Å². The van der Waals surface area contributed by atoms with Crippen molar-refractivity contribution >= 4 is 23.2 Å². The molecule has 1 unspecified atom stereocenters. The molecule has 5 nitrogen and oxygen atoms in total. The summed E-state index contributed by atoms with van der Waals surface area (Å²) >= 11 is 1.37. The Balaban J connectivity index is 2.60. The highest BCUT2D eigenvalue weighted by Crippen LogP contribution is 2.08. The van der Waals surface area contributed by atoms with Crippen LogP contribution in [0, 0.1) is 0 Å². The third kappa shape index (κ3) is 3.14. The SMILES string of the molecule is CC(=O)NC(Cc1cncs1)C(=O)O. The van der Waals surface area contributed by atoms with Crippen molar-refractivity contribution in [3.05, 3.63) is 16.6 Å². The fourth-order valence-corrected chi connectivity index (χ4v) is 1.63. The van der Waals surface area contributed by atoms with Gasteiger partial charge in [-0.1, -0.05) is 0 Å². The first kappa shape index (κ1) is 10.6. The van der Waals surface area contributed by atoms with Gasteiger partial charge < -0.3 is 10.4 Å². The highest BCUT2D eigenvalue weighted by Gasteiger charge is 2.19. The van der Waals surface area contributed by atoms with Gasteiger partial charge in [0.15, 0.2) is 0 Å². The van der Waals surface area contributed by atoms with Crippen LogP contribution >= 0.6 is 11.3 Å². The molecule has 0 saturated carbocycles. The van der Waals surface area contributed by atoms with Crippen molar-refractivity contribution in [1.82, 2.24) is 10.3 Å². The summed E-state index contributed by atoms with van der Waals surface area (Å²) in [5, 5.41) is 11.1. The van der Waals surface area contributed by atoms with Gasteiger partial charge in [0.05, 0.1) is 5.51 Å². The molecule has 14 heavy (non-hydrogen) atoms. The topological polar surface area (TPSA) is 79.3 Å². The highest BCUT2D eigenvalue weighted by molar-refractivity contribution is 7.09. The van der Waals surface area contributed by atoms with E-state index in [1.165, 1.54) is 18.3 Å². The minimum Gasteiger partial charge on any atom is -0.480 e. The number of nitrogens with zero attached hydrogens (tertiary/aromatic N) is 1. The molecule has 76 valence electrons. The van der Waals surface area contributed by atoms with Gasteiger partial charge in [0, 0.05) is 24.4 Å². The molecule has 1 heterocycles. The molecule has 0 fully saturated rings. The molecule has 1 amide bonds. The van der Waals surface area contributed by atoms with E-state index >= 15 is 0 Å². The molecule has 1 aromatic rings. The fraction of sp³-hybridized carbons (Fsp3) is 0.375. The van der Waals surface area contributed by atoms with Gasteiger partial charge in [-0.05, 0) is 0 Å². The van der Waals surface area contributed by atoms with Gasteiger partial charge in [-0.25, -0.2) is 4.79 Å². The number of hydrogen-bond donors (Lipinski definition) is 2. The van der Waals surface area contributed by atoms with E-state index < -0.39 is 12.0 Å². The second-order valence-corrected chi connectivity index (χ2v) is 3.73. The lowest BCUT2D eigenvalue weighted by Crippen LogP contribution is -2.40. The molecule has 6 heteroatoms. The van der Waals surface area contributed by atoms with Crippen LogP contribution in [0.25, 0.3) is 0 Å². The molecule has 1 atom stereocenters. The maximum atomic E-state index is 10.7. The maximum Gasteiger partial charge on any atom is 0.326 e. The van der Waals surface area contributed by atoms with Gasteiger partial charge in [-0.3, -0.25) is 9.78 Å². The molecule has 0 radical (unpaired) electrons. The first-order chi connectivity index (χ1) is 6.59. The highest BCUT2D eigenvalue weighted by atomic mass is 32.1. The Morgan fingerprint density at radius 2 is 2.43 bits per heavy atom. The van der Waals surface area contributed by atoms with Crippen LogP contribution in [0.4, 0.5) is 0 Å². The standard InChI is InChI=1S/C8H10N2O3S/c1-5(11)10-7(8(12)13)2-6-3-9-4-14-6/h3-4,7H,2H2,1H3,(H,10,11)(H,12,13). The largest absolute Gasteiger partial charge is 0.480 e. The number of aromatic nitrogens is 1. The number of carbonyl (C=O) groups excluding carboxylic acids is 1. The first-order valence-corrected chi connectivity index (χ1v) is 4.85. The van der Waals surface area contributed by atoms with Gasteiger partial charge in [0.1, 0.15) is 6.04 Å². The smallest absolute Gasteiger partial charge is 0.326 e. The number of nitrogens with one attached hydrogen (secondary N) is 1.